The molecule has 1 atom stereocenters. The highest BCUT2D eigenvalue weighted by Crippen LogP contribution is 2.48. The minimum absolute atomic E-state index is 0.0744. The topological polar surface area (TPSA) is 130 Å². The van der Waals surface area contributed by atoms with Gasteiger partial charge in [0.05, 0.1) is 23.7 Å². The Morgan fingerprint density at radius 1 is 1.31 bits per heavy atom. The predicted octanol–water partition coefficient (Wildman–Crippen LogP) is 4.42. The fourth-order valence-electron chi connectivity index (χ4n) is 3.82. The molecule has 0 aliphatic heterocycles. The van der Waals surface area contributed by atoms with Gasteiger partial charge in [-0.2, -0.15) is 15.2 Å². The van der Waals surface area contributed by atoms with E-state index < -0.39 is 29.5 Å². The van der Waals surface area contributed by atoms with Crippen LogP contribution in [0.15, 0.2) is 24.4 Å². The van der Waals surface area contributed by atoms with E-state index in [1.165, 1.54) is 16.9 Å². The van der Waals surface area contributed by atoms with E-state index in [0.717, 1.165) is 36.3 Å². The van der Waals surface area contributed by atoms with E-state index in [0.29, 0.717) is 40.1 Å². The summed E-state index contributed by atoms with van der Waals surface area (Å²) in [6.45, 7) is 1.67. The molecule has 9 nitrogen and oxygen atoms in total. The predicted molar refractivity (Wildman–Crippen MR) is 119 cm³/mol. The number of hydrogen-bond acceptors (Lipinski definition) is 8. The first-order chi connectivity index (χ1) is 17.1. The van der Waals surface area contributed by atoms with Crippen LogP contribution in [0.2, 0.25) is 0 Å². The zero-order valence-electron chi connectivity index (χ0n) is 18.8. The highest BCUT2D eigenvalue weighted by Gasteiger charge is 2.46. The lowest BCUT2D eigenvalue weighted by molar-refractivity contribution is -0.274. The van der Waals surface area contributed by atoms with Crippen LogP contribution >= 0.6 is 11.3 Å². The molecule has 0 radical (unpaired) electrons. The number of carbonyl (C=O) groups is 1. The first-order valence-corrected chi connectivity index (χ1v) is 11.9. The SMILES string of the molecule is C[C@H](NC(=O)c1cc(OC(F)(F)F)cc(C2(C#N)CC2)c1)c1nc(C2CC2)nn1-c1ncc(C#N)s1. The number of ether oxygens (including phenoxy) is 1. The number of nitrogens with one attached hydrogen (secondary N) is 1. The lowest BCUT2D eigenvalue weighted by Crippen LogP contribution is -2.29. The van der Waals surface area contributed by atoms with E-state index >= 15 is 0 Å². The van der Waals surface area contributed by atoms with E-state index in [9.17, 15) is 23.2 Å². The van der Waals surface area contributed by atoms with Crippen LogP contribution in [0.25, 0.3) is 5.13 Å². The van der Waals surface area contributed by atoms with Gasteiger partial charge >= 0.3 is 6.36 Å². The molecule has 0 saturated heterocycles. The molecule has 2 aliphatic carbocycles. The molecule has 13 heteroatoms. The highest BCUT2D eigenvalue weighted by atomic mass is 32.1. The number of rotatable bonds is 7. The molecule has 0 unspecified atom stereocenters. The Morgan fingerprint density at radius 2 is 2.06 bits per heavy atom. The molecule has 0 spiro atoms. The minimum Gasteiger partial charge on any atom is -0.406 e. The van der Waals surface area contributed by atoms with Crippen LogP contribution in [0.4, 0.5) is 13.2 Å². The number of carbonyl (C=O) groups excluding carboxylic acids is 1. The third-order valence-electron chi connectivity index (χ3n) is 6.03. The lowest BCUT2D eigenvalue weighted by Gasteiger charge is -2.17. The van der Waals surface area contributed by atoms with Gasteiger partial charge in [-0.25, -0.2) is 9.97 Å². The third kappa shape index (κ3) is 4.75. The van der Waals surface area contributed by atoms with Gasteiger partial charge in [-0.05, 0) is 56.4 Å². The minimum atomic E-state index is -4.95. The van der Waals surface area contributed by atoms with Gasteiger partial charge in [0, 0.05) is 11.5 Å². The monoisotopic (exact) mass is 513 g/mol. The molecule has 1 N–H and O–H groups in total. The molecular formula is C23H18F3N7O2S. The number of benzene rings is 1. The smallest absolute Gasteiger partial charge is 0.406 e. The normalized spacial score (nSPS) is 17.1. The van der Waals surface area contributed by atoms with Crippen LogP contribution in [0.5, 0.6) is 5.75 Å². The molecular weight excluding hydrogens is 495 g/mol. The quantitative estimate of drug-likeness (QED) is 0.495. The number of amides is 1. The molecule has 2 aromatic heterocycles. The number of thiazole rings is 1. The molecule has 0 bridgehead atoms. The van der Waals surface area contributed by atoms with Gasteiger partial charge in [-0.3, -0.25) is 4.79 Å². The van der Waals surface area contributed by atoms with Gasteiger partial charge < -0.3 is 10.1 Å². The summed E-state index contributed by atoms with van der Waals surface area (Å²) in [6, 6.07) is 7.01. The van der Waals surface area contributed by atoms with E-state index in [-0.39, 0.29) is 11.5 Å². The average molecular weight is 514 g/mol. The largest absolute Gasteiger partial charge is 0.573 e. The van der Waals surface area contributed by atoms with Crippen LogP contribution in [0.3, 0.4) is 0 Å². The van der Waals surface area contributed by atoms with Crippen molar-refractivity contribution in [3.63, 3.8) is 0 Å². The number of nitrogens with zero attached hydrogens (tertiary/aromatic N) is 6. The molecule has 2 heterocycles. The molecule has 36 heavy (non-hydrogen) atoms. The van der Waals surface area contributed by atoms with Crippen LogP contribution in [-0.2, 0) is 5.41 Å². The molecule has 184 valence electrons. The van der Waals surface area contributed by atoms with Crippen LogP contribution in [0.1, 0.15) is 77.0 Å². The lowest BCUT2D eigenvalue weighted by atomic mass is 9.95. The van der Waals surface area contributed by atoms with Gasteiger partial charge in [-0.15, -0.1) is 18.3 Å². The van der Waals surface area contributed by atoms with E-state index in [2.05, 4.69) is 31.2 Å². The summed E-state index contributed by atoms with van der Waals surface area (Å²) >= 11 is 1.12. The fraction of sp³-hybridized carbons (Fsp3) is 0.391. The number of nitriles is 2. The average Bonchev–Trinajstić information content (AvgIpc) is 3.74. The Kier molecular flexibility index (Phi) is 5.68. The van der Waals surface area contributed by atoms with Crippen LogP contribution in [0, 0.1) is 22.7 Å². The van der Waals surface area contributed by atoms with Crippen molar-refractivity contribution in [3.8, 4) is 23.0 Å². The van der Waals surface area contributed by atoms with Crippen molar-refractivity contribution in [2.75, 3.05) is 0 Å². The van der Waals surface area contributed by atoms with Crippen molar-refractivity contribution in [3.05, 3.63) is 52.0 Å². The Hall–Kier alpha value is -3.97. The zero-order valence-corrected chi connectivity index (χ0v) is 19.7. The molecule has 2 aliphatic rings. The first kappa shape index (κ1) is 23.8. The second kappa shape index (κ2) is 8.60. The third-order valence-corrected chi connectivity index (χ3v) is 6.91. The van der Waals surface area contributed by atoms with E-state index in [4.69, 9.17) is 5.26 Å². The summed E-state index contributed by atoms with van der Waals surface area (Å²) < 4.78 is 44.3. The summed E-state index contributed by atoms with van der Waals surface area (Å²) in [7, 11) is 0. The van der Waals surface area contributed by atoms with Crippen LogP contribution in [-0.4, -0.2) is 32.0 Å². The fourth-order valence-corrected chi connectivity index (χ4v) is 4.50. The van der Waals surface area contributed by atoms with Crippen molar-refractivity contribution in [1.82, 2.24) is 25.1 Å². The summed E-state index contributed by atoms with van der Waals surface area (Å²) in [5, 5.41) is 26.3. The number of halogens is 3. The van der Waals surface area contributed by atoms with Crippen molar-refractivity contribution in [1.29, 1.82) is 10.5 Å². The second-order valence-electron chi connectivity index (χ2n) is 8.82. The molecule has 2 saturated carbocycles. The maximum Gasteiger partial charge on any atom is 0.573 e. The zero-order chi connectivity index (χ0) is 25.7. The molecule has 2 fully saturated rings. The van der Waals surface area contributed by atoms with Crippen molar-refractivity contribution >= 4 is 17.2 Å². The Balaban J connectivity index is 1.45. The van der Waals surface area contributed by atoms with Crippen molar-refractivity contribution < 1.29 is 22.7 Å². The van der Waals surface area contributed by atoms with E-state index in [1.54, 1.807) is 6.92 Å². The molecule has 3 aromatic rings. The second-order valence-corrected chi connectivity index (χ2v) is 9.83. The number of alkyl halides is 3. The summed E-state index contributed by atoms with van der Waals surface area (Å²) in [5.41, 5.74) is -0.695. The van der Waals surface area contributed by atoms with Crippen molar-refractivity contribution in [2.24, 2.45) is 0 Å². The Bertz CT molecular complexity index is 1420. The maximum absolute atomic E-state index is 13.1. The first-order valence-electron chi connectivity index (χ1n) is 11.1. The van der Waals surface area contributed by atoms with Gasteiger partial charge in [0.1, 0.15) is 16.7 Å². The maximum atomic E-state index is 13.1. The summed E-state index contributed by atoms with van der Waals surface area (Å²) in [6.07, 6.45) is -0.664. The molecule has 5 rings (SSSR count). The number of hydrogen-bond donors (Lipinski definition) is 1. The van der Waals surface area contributed by atoms with Gasteiger partial charge in [0.25, 0.3) is 5.91 Å². The van der Waals surface area contributed by atoms with Gasteiger partial charge in [0.15, 0.2) is 11.6 Å². The standard InChI is InChI=1S/C23H18F3N7O2S/c1-12(19-31-18(13-2-3-13)32-33(19)21-29-10-17(9-27)36-21)30-20(34)14-6-15(22(11-28)4-5-22)8-16(7-14)35-23(24,25)26/h6-8,10,12-13H,2-5H2,1H3,(H,30,34)/t12-/m0/s1. The summed E-state index contributed by atoms with van der Waals surface area (Å²) in [4.78, 5) is 22.3. The Labute approximate surface area is 207 Å². The summed E-state index contributed by atoms with van der Waals surface area (Å²) in [5.74, 6) is -0.0346. The van der Waals surface area contributed by atoms with Gasteiger partial charge in [0.2, 0.25) is 5.13 Å². The number of aromatic nitrogens is 4. The highest BCUT2D eigenvalue weighted by molar-refractivity contribution is 7.14. The Morgan fingerprint density at radius 3 is 2.64 bits per heavy atom. The van der Waals surface area contributed by atoms with Gasteiger partial charge in [-0.1, -0.05) is 11.3 Å². The molecule has 1 aromatic carbocycles. The molecule has 1 amide bonds. The van der Waals surface area contributed by atoms with E-state index in [1.807, 2.05) is 6.07 Å². The van der Waals surface area contributed by atoms with Crippen LogP contribution < -0.4 is 10.1 Å². The van der Waals surface area contributed by atoms with Crippen molar-refractivity contribution in [2.45, 2.75) is 56.3 Å².